The SMILES string of the molecule is CO/N=C1\C(=O)N(C)c2c1cc([N+](=O)[O-])cc2[N+](=O)[O-]. The second-order valence-corrected chi connectivity index (χ2v) is 3.86. The molecule has 0 unspecified atom stereocenters. The van der Waals surface area contributed by atoms with Gasteiger partial charge in [0, 0.05) is 18.7 Å². The lowest BCUT2D eigenvalue weighted by molar-refractivity contribution is -0.393. The first-order valence-electron chi connectivity index (χ1n) is 5.25. The summed E-state index contributed by atoms with van der Waals surface area (Å²) in [5, 5.41) is 25.3. The van der Waals surface area contributed by atoms with Gasteiger partial charge >= 0.3 is 5.69 Å². The number of carbonyl (C=O) groups is 1. The Balaban J connectivity index is 2.81. The van der Waals surface area contributed by atoms with Crippen molar-refractivity contribution >= 4 is 28.7 Å². The number of amides is 1. The average Bonchev–Trinajstić information content (AvgIpc) is 2.63. The van der Waals surface area contributed by atoms with E-state index in [1.54, 1.807) is 0 Å². The molecule has 0 saturated carbocycles. The molecule has 0 N–H and O–H groups in total. The molecule has 1 amide bonds. The molecule has 20 heavy (non-hydrogen) atoms. The molecule has 1 aromatic carbocycles. The summed E-state index contributed by atoms with van der Waals surface area (Å²) in [6.07, 6.45) is 0. The van der Waals surface area contributed by atoms with Crippen LogP contribution in [0.1, 0.15) is 5.56 Å². The van der Waals surface area contributed by atoms with E-state index in [0.717, 1.165) is 17.0 Å². The summed E-state index contributed by atoms with van der Waals surface area (Å²) in [6, 6.07) is 1.86. The summed E-state index contributed by atoms with van der Waals surface area (Å²) >= 11 is 0. The first-order valence-corrected chi connectivity index (χ1v) is 5.25. The molecule has 0 aliphatic carbocycles. The smallest absolute Gasteiger partial charge is 0.300 e. The number of oxime groups is 1. The van der Waals surface area contributed by atoms with Crippen molar-refractivity contribution in [3.63, 3.8) is 0 Å². The molecule has 2 rings (SSSR count). The number of fused-ring (bicyclic) bond motifs is 1. The lowest BCUT2D eigenvalue weighted by atomic mass is 10.1. The Kier molecular flexibility index (Phi) is 3.06. The van der Waals surface area contributed by atoms with Gasteiger partial charge in [0.1, 0.15) is 12.8 Å². The molecule has 0 atom stereocenters. The number of nitro benzene ring substituents is 2. The standard InChI is InChI=1S/C10H8N4O6/c1-12-9-6(8(10(12)15)11-20-2)3-5(13(16)17)4-7(9)14(18)19/h3-4H,1-2H3/b11-8-. The minimum absolute atomic E-state index is 0.000231. The third-order valence-corrected chi connectivity index (χ3v) is 2.76. The van der Waals surface area contributed by atoms with Crippen molar-refractivity contribution < 1.29 is 19.5 Å². The van der Waals surface area contributed by atoms with Crippen LogP contribution in [0.4, 0.5) is 17.1 Å². The van der Waals surface area contributed by atoms with Crippen molar-refractivity contribution in [2.24, 2.45) is 5.16 Å². The normalized spacial score (nSPS) is 15.4. The van der Waals surface area contributed by atoms with Crippen molar-refractivity contribution in [3.05, 3.63) is 37.9 Å². The van der Waals surface area contributed by atoms with Crippen LogP contribution in [0.5, 0.6) is 0 Å². The molecule has 0 fully saturated rings. The topological polar surface area (TPSA) is 128 Å². The predicted octanol–water partition coefficient (Wildman–Crippen LogP) is 0.830. The summed E-state index contributed by atoms with van der Waals surface area (Å²) in [4.78, 5) is 37.7. The number of benzene rings is 1. The maximum Gasteiger partial charge on any atom is 0.300 e. The van der Waals surface area contributed by atoms with E-state index in [0.29, 0.717) is 0 Å². The molecule has 1 aliphatic heterocycles. The van der Waals surface area contributed by atoms with Crippen molar-refractivity contribution in [2.45, 2.75) is 0 Å². The Hall–Kier alpha value is -3.04. The Morgan fingerprint density at radius 1 is 1.25 bits per heavy atom. The van der Waals surface area contributed by atoms with Gasteiger partial charge in [-0.1, -0.05) is 5.16 Å². The fourth-order valence-electron chi connectivity index (χ4n) is 1.94. The van der Waals surface area contributed by atoms with Gasteiger partial charge in [0.25, 0.3) is 11.6 Å². The van der Waals surface area contributed by atoms with Crippen molar-refractivity contribution in [3.8, 4) is 0 Å². The minimum atomic E-state index is -0.786. The Morgan fingerprint density at radius 3 is 2.40 bits per heavy atom. The van der Waals surface area contributed by atoms with Crippen molar-refractivity contribution in [2.75, 3.05) is 19.1 Å². The first-order chi connectivity index (χ1) is 9.38. The van der Waals surface area contributed by atoms with E-state index in [9.17, 15) is 25.0 Å². The minimum Gasteiger partial charge on any atom is -0.398 e. The third-order valence-electron chi connectivity index (χ3n) is 2.76. The highest BCUT2D eigenvalue weighted by atomic mass is 16.6. The number of hydrogen-bond acceptors (Lipinski definition) is 7. The molecule has 0 spiro atoms. The largest absolute Gasteiger partial charge is 0.398 e. The molecule has 104 valence electrons. The van der Waals surface area contributed by atoms with Gasteiger partial charge in [-0.15, -0.1) is 0 Å². The average molecular weight is 280 g/mol. The van der Waals surface area contributed by atoms with Crippen molar-refractivity contribution in [1.82, 2.24) is 0 Å². The number of nitro groups is 2. The van der Waals surface area contributed by atoms with Crippen LogP contribution >= 0.6 is 0 Å². The summed E-state index contributed by atoms with van der Waals surface area (Å²) in [5.74, 6) is -0.634. The Bertz CT molecular complexity index is 668. The number of rotatable bonds is 3. The molecule has 10 nitrogen and oxygen atoms in total. The van der Waals surface area contributed by atoms with Gasteiger partial charge in [-0.3, -0.25) is 25.0 Å². The Morgan fingerprint density at radius 2 is 1.90 bits per heavy atom. The van der Waals surface area contributed by atoms with Crippen LogP contribution in [0.3, 0.4) is 0 Å². The van der Waals surface area contributed by atoms with Gasteiger partial charge in [0.15, 0.2) is 5.71 Å². The molecular formula is C10H8N4O6. The van der Waals surface area contributed by atoms with Crippen LogP contribution in [0.2, 0.25) is 0 Å². The zero-order valence-electron chi connectivity index (χ0n) is 10.4. The third kappa shape index (κ3) is 1.83. The monoisotopic (exact) mass is 280 g/mol. The van der Waals surface area contributed by atoms with E-state index in [1.807, 2.05) is 0 Å². The van der Waals surface area contributed by atoms with E-state index in [1.165, 1.54) is 14.2 Å². The highest BCUT2D eigenvalue weighted by Gasteiger charge is 2.40. The summed E-state index contributed by atoms with van der Waals surface area (Å²) in [5.41, 5.74) is -1.29. The van der Waals surface area contributed by atoms with E-state index < -0.39 is 27.1 Å². The molecule has 0 aromatic heterocycles. The summed E-state index contributed by atoms with van der Waals surface area (Å²) in [7, 11) is 2.52. The highest BCUT2D eigenvalue weighted by Crippen LogP contribution is 2.40. The van der Waals surface area contributed by atoms with Crippen molar-refractivity contribution in [1.29, 1.82) is 0 Å². The lowest BCUT2D eigenvalue weighted by Gasteiger charge is -2.08. The number of hydrogen-bond donors (Lipinski definition) is 0. The molecule has 1 heterocycles. The van der Waals surface area contributed by atoms with Gasteiger partial charge in [-0.05, 0) is 0 Å². The predicted molar refractivity (Wildman–Crippen MR) is 66.7 cm³/mol. The fraction of sp³-hybridized carbons (Fsp3) is 0.200. The van der Waals surface area contributed by atoms with Gasteiger partial charge in [-0.2, -0.15) is 0 Å². The van der Waals surface area contributed by atoms with Crippen LogP contribution < -0.4 is 4.90 Å². The molecule has 0 bridgehead atoms. The lowest BCUT2D eigenvalue weighted by Crippen LogP contribution is -2.26. The molecule has 0 radical (unpaired) electrons. The van der Waals surface area contributed by atoms with Crippen LogP contribution in [-0.4, -0.2) is 35.6 Å². The molecular weight excluding hydrogens is 272 g/mol. The van der Waals surface area contributed by atoms with Crippen LogP contribution in [0, 0.1) is 20.2 Å². The summed E-state index contributed by atoms with van der Waals surface area (Å²) in [6.45, 7) is 0. The second-order valence-electron chi connectivity index (χ2n) is 3.86. The number of non-ortho nitro benzene ring substituents is 1. The zero-order valence-corrected chi connectivity index (χ0v) is 10.4. The second kappa shape index (κ2) is 4.57. The number of carbonyl (C=O) groups excluding carboxylic acids is 1. The first kappa shape index (κ1) is 13.4. The maximum absolute atomic E-state index is 11.9. The zero-order chi connectivity index (χ0) is 15.0. The van der Waals surface area contributed by atoms with Gasteiger partial charge in [0.05, 0.1) is 15.9 Å². The van der Waals surface area contributed by atoms with Crippen LogP contribution in [-0.2, 0) is 9.63 Å². The number of nitrogens with zero attached hydrogens (tertiary/aromatic N) is 4. The quantitative estimate of drug-likeness (QED) is 0.595. The highest BCUT2D eigenvalue weighted by molar-refractivity contribution is 6.54. The van der Waals surface area contributed by atoms with Crippen LogP contribution in [0.15, 0.2) is 17.3 Å². The van der Waals surface area contributed by atoms with E-state index in [4.69, 9.17) is 0 Å². The molecule has 1 aromatic rings. The molecule has 0 saturated heterocycles. The Labute approximate surface area is 111 Å². The van der Waals surface area contributed by atoms with E-state index in [-0.39, 0.29) is 17.0 Å². The number of anilines is 1. The van der Waals surface area contributed by atoms with E-state index >= 15 is 0 Å². The number of likely N-dealkylation sites (N-methyl/N-ethyl adjacent to an activating group) is 1. The summed E-state index contributed by atoms with van der Waals surface area (Å²) < 4.78 is 0. The van der Waals surface area contributed by atoms with Gasteiger partial charge < -0.3 is 9.74 Å². The van der Waals surface area contributed by atoms with Gasteiger partial charge in [0.2, 0.25) is 0 Å². The molecule has 10 heteroatoms. The van der Waals surface area contributed by atoms with Gasteiger partial charge in [-0.25, -0.2) is 0 Å². The van der Waals surface area contributed by atoms with Crippen LogP contribution in [0.25, 0.3) is 0 Å². The fourth-order valence-corrected chi connectivity index (χ4v) is 1.94. The van der Waals surface area contributed by atoms with E-state index in [2.05, 4.69) is 9.99 Å². The molecule has 1 aliphatic rings. The maximum atomic E-state index is 11.9.